The van der Waals surface area contributed by atoms with Crippen molar-refractivity contribution in [1.29, 1.82) is 0 Å². The molecule has 0 bridgehead atoms. The van der Waals surface area contributed by atoms with E-state index in [0.717, 1.165) is 5.56 Å². The SMILES string of the molecule is Cc1cc(Cl)ccc1C(=O)N1CCOCC1C(=O)O. The van der Waals surface area contributed by atoms with Crippen molar-refractivity contribution in [2.45, 2.75) is 13.0 Å². The van der Waals surface area contributed by atoms with E-state index in [1.807, 2.05) is 0 Å². The molecule has 0 spiro atoms. The number of nitrogens with zero attached hydrogens (tertiary/aromatic N) is 1. The third-order valence-electron chi connectivity index (χ3n) is 3.09. The topological polar surface area (TPSA) is 66.8 Å². The van der Waals surface area contributed by atoms with Crippen molar-refractivity contribution in [2.75, 3.05) is 19.8 Å². The Hall–Kier alpha value is -1.59. The number of carbonyl (C=O) groups is 2. The molecule has 6 heteroatoms. The van der Waals surface area contributed by atoms with Gasteiger partial charge in [0.15, 0.2) is 6.04 Å². The highest BCUT2D eigenvalue weighted by Crippen LogP contribution is 2.19. The third-order valence-corrected chi connectivity index (χ3v) is 3.33. The number of carboxylic acids is 1. The summed E-state index contributed by atoms with van der Waals surface area (Å²) in [6.07, 6.45) is 0. The molecule has 1 aromatic rings. The predicted molar refractivity (Wildman–Crippen MR) is 69.5 cm³/mol. The molecule has 1 N–H and O–H groups in total. The zero-order valence-electron chi connectivity index (χ0n) is 10.4. The quantitative estimate of drug-likeness (QED) is 0.895. The van der Waals surface area contributed by atoms with Crippen molar-refractivity contribution in [3.63, 3.8) is 0 Å². The normalized spacial score (nSPS) is 19.3. The molecule has 1 unspecified atom stereocenters. The average Bonchev–Trinajstić information content (AvgIpc) is 2.38. The Morgan fingerprint density at radius 2 is 2.21 bits per heavy atom. The van der Waals surface area contributed by atoms with E-state index in [0.29, 0.717) is 17.2 Å². The van der Waals surface area contributed by atoms with Crippen LogP contribution >= 0.6 is 11.6 Å². The standard InChI is InChI=1S/C13H14ClNO4/c1-8-6-9(14)2-3-10(8)12(16)15-4-5-19-7-11(15)13(17)18/h2-3,6,11H,4-5,7H2,1H3,(H,17,18). The fraction of sp³-hybridized carbons (Fsp3) is 0.385. The van der Waals surface area contributed by atoms with Crippen LogP contribution in [0.3, 0.4) is 0 Å². The van der Waals surface area contributed by atoms with Crippen LogP contribution in [-0.4, -0.2) is 47.7 Å². The number of hydrogen-bond acceptors (Lipinski definition) is 3. The number of morpholine rings is 1. The largest absolute Gasteiger partial charge is 0.480 e. The highest BCUT2D eigenvalue weighted by molar-refractivity contribution is 6.30. The summed E-state index contributed by atoms with van der Waals surface area (Å²) in [5, 5.41) is 9.67. The van der Waals surface area contributed by atoms with Gasteiger partial charge in [0, 0.05) is 17.1 Å². The van der Waals surface area contributed by atoms with E-state index >= 15 is 0 Å². The number of benzene rings is 1. The van der Waals surface area contributed by atoms with Gasteiger partial charge in [0.25, 0.3) is 5.91 Å². The maximum Gasteiger partial charge on any atom is 0.328 e. The van der Waals surface area contributed by atoms with Crippen LogP contribution in [-0.2, 0) is 9.53 Å². The number of carboxylic acid groups (broad SMARTS) is 1. The number of carbonyl (C=O) groups excluding carboxylic acids is 1. The Kier molecular flexibility index (Phi) is 4.07. The van der Waals surface area contributed by atoms with Crippen LogP contribution in [0.25, 0.3) is 0 Å². The number of aryl methyl sites for hydroxylation is 1. The van der Waals surface area contributed by atoms with Crippen molar-refractivity contribution in [3.05, 3.63) is 34.3 Å². The van der Waals surface area contributed by atoms with E-state index in [2.05, 4.69) is 0 Å². The van der Waals surface area contributed by atoms with Gasteiger partial charge in [-0.1, -0.05) is 11.6 Å². The van der Waals surface area contributed by atoms with Crippen molar-refractivity contribution in [3.8, 4) is 0 Å². The second kappa shape index (κ2) is 5.59. The molecule has 2 rings (SSSR count). The van der Waals surface area contributed by atoms with Gasteiger partial charge in [0.1, 0.15) is 0 Å². The summed E-state index contributed by atoms with van der Waals surface area (Å²) in [7, 11) is 0. The van der Waals surface area contributed by atoms with E-state index in [9.17, 15) is 9.59 Å². The number of amides is 1. The summed E-state index contributed by atoms with van der Waals surface area (Å²) < 4.78 is 5.11. The summed E-state index contributed by atoms with van der Waals surface area (Å²) in [5.41, 5.74) is 1.20. The molecule has 1 fully saturated rings. The lowest BCUT2D eigenvalue weighted by molar-refractivity contribution is -0.147. The molecular formula is C13H14ClNO4. The summed E-state index contributed by atoms with van der Waals surface area (Å²) >= 11 is 5.85. The van der Waals surface area contributed by atoms with Crippen molar-refractivity contribution >= 4 is 23.5 Å². The number of hydrogen-bond donors (Lipinski definition) is 1. The van der Waals surface area contributed by atoms with Gasteiger partial charge in [-0.15, -0.1) is 0 Å². The van der Waals surface area contributed by atoms with Gasteiger partial charge in [-0.3, -0.25) is 4.79 Å². The number of aliphatic carboxylic acids is 1. The lowest BCUT2D eigenvalue weighted by atomic mass is 10.1. The minimum absolute atomic E-state index is 0.0215. The number of halogens is 1. The molecule has 1 heterocycles. The first-order chi connectivity index (χ1) is 9.00. The molecular weight excluding hydrogens is 270 g/mol. The summed E-state index contributed by atoms with van der Waals surface area (Å²) in [5.74, 6) is -1.36. The second-order valence-corrected chi connectivity index (χ2v) is 4.82. The zero-order chi connectivity index (χ0) is 14.0. The third kappa shape index (κ3) is 2.88. The summed E-state index contributed by atoms with van der Waals surface area (Å²) in [4.78, 5) is 24.9. The van der Waals surface area contributed by atoms with Crippen LogP contribution in [0.2, 0.25) is 5.02 Å². The fourth-order valence-corrected chi connectivity index (χ4v) is 2.30. The first-order valence-corrected chi connectivity index (χ1v) is 6.26. The molecule has 1 amide bonds. The minimum Gasteiger partial charge on any atom is -0.480 e. The molecule has 1 aliphatic rings. The van der Waals surface area contributed by atoms with Crippen LogP contribution < -0.4 is 0 Å². The number of ether oxygens (including phenoxy) is 1. The van der Waals surface area contributed by atoms with Crippen molar-refractivity contribution < 1.29 is 19.4 Å². The van der Waals surface area contributed by atoms with Gasteiger partial charge in [0.2, 0.25) is 0 Å². The molecule has 5 nitrogen and oxygen atoms in total. The van der Waals surface area contributed by atoms with Crippen LogP contribution in [0.4, 0.5) is 0 Å². The molecule has 1 atom stereocenters. The van der Waals surface area contributed by atoms with Gasteiger partial charge >= 0.3 is 5.97 Å². The van der Waals surface area contributed by atoms with Crippen LogP contribution in [0, 0.1) is 6.92 Å². The van der Waals surface area contributed by atoms with E-state index in [1.165, 1.54) is 4.90 Å². The lowest BCUT2D eigenvalue weighted by Gasteiger charge is -2.33. The molecule has 102 valence electrons. The van der Waals surface area contributed by atoms with E-state index in [1.54, 1.807) is 25.1 Å². The first-order valence-electron chi connectivity index (χ1n) is 5.88. The first kappa shape index (κ1) is 13.8. The molecule has 1 aromatic carbocycles. The number of rotatable bonds is 2. The van der Waals surface area contributed by atoms with Crippen molar-refractivity contribution in [2.24, 2.45) is 0 Å². The Labute approximate surface area is 115 Å². The summed E-state index contributed by atoms with van der Waals surface area (Å²) in [6, 6.07) is 3.99. The lowest BCUT2D eigenvalue weighted by Crippen LogP contribution is -2.52. The minimum atomic E-state index is -1.06. The Morgan fingerprint density at radius 1 is 1.47 bits per heavy atom. The van der Waals surface area contributed by atoms with Gasteiger partial charge in [-0.05, 0) is 30.7 Å². The molecule has 19 heavy (non-hydrogen) atoms. The van der Waals surface area contributed by atoms with Gasteiger partial charge in [-0.25, -0.2) is 4.79 Å². The Morgan fingerprint density at radius 3 is 2.84 bits per heavy atom. The maximum atomic E-state index is 12.4. The van der Waals surface area contributed by atoms with Crippen LogP contribution in [0.1, 0.15) is 15.9 Å². The molecule has 0 saturated carbocycles. The second-order valence-electron chi connectivity index (χ2n) is 4.39. The highest BCUT2D eigenvalue weighted by Gasteiger charge is 2.33. The van der Waals surface area contributed by atoms with Gasteiger partial charge < -0.3 is 14.7 Å². The summed E-state index contributed by atoms with van der Waals surface area (Å²) in [6.45, 7) is 2.42. The average molecular weight is 284 g/mol. The van der Waals surface area contributed by atoms with Gasteiger partial charge in [-0.2, -0.15) is 0 Å². The van der Waals surface area contributed by atoms with Crippen LogP contribution in [0.5, 0.6) is 0 Å². The molecule has 0 aromatic heterocycles. The zero-order valence-corrected chi connectivity index (χ0v) is 11.2. The molecule has 1 saturated heterocycles. The fourth-order valence-electron chi connectivity index (χ4n) is 2.07. The van der Waals surface area contributed by atoms with E-state index < -0.39 is 12.0 Å². The maximum absolute atomic E-state index is 12.4. The van der Waals surface area contributed by atoms with Gasteiger partial charge in [0.05, 0.1) is 13.2 Å². The van der Waals surface area contributed by atoms with E-state index in [-0.39, 0.29) is 19.1 Å². The Balaban J connectivity index is 2.28. The van der Waals surface area contributed by atoms with Crippen LogP contribution in [0.15, 0.2) is 18.2 Å². The van der Waals surface area contributed by atoms with E-state index in [4.69, 9.17) is 21.4 Å². The predicted octanol–water partition coefficient (Wildman–Crippen LogP) is 1.57. The van der Waals surface area contributed by atoms with Crippen molar-refractivity contribution in [1.82, 2.24) is 4.90 Å². The Bertz CT molecular complexity index is 517. The molecule has 1 aliphatic heterocycles. The molecule has 0 radical (unpaired) electrons. The molecule has 0 aliphatic carbocycles. The highest BCUT2D eigenvalue weighted by atomic mass is 35.5. The monoisotopic (exact) mass is 283 g/mol. The smallest absolute Gasteiger partial charge is 0.328 e.